The second-order valence-electron chi connectivity index (χ2n) is 5.35. The summed E-state index contributed by atoms with van der Waals surface area (Å²) in [6.07, 6.45) is 3.55. The molecule has 4 nitrogen and oxygen atoms in total. The first-order valence-electron chi connectivity index (χ1n) is 6.99. The molecular weight excluding hydrogens is 328 g/mol. The van der Waals surface area contributed by atoms with Gasteiger partial charge in [0.2, 0.25) is 0 Å². The molecule has 1 aliphatic rings. The van der Waals surface area contributed by atoms with Crippen molar-refractivity contribution in [1.29, 1.82) is 0 Å². The van der Waals surface area contributed by atoms with Gasteiger partial charge in [0.1, 0.15) is 5.82 Å². The highest BCUT2D eigenvalue weighted by atomic mass is 35.5. The number of amides is 1. The number of benzene rings is 1. The van der Waals surface area contributed by atoms with E-state index >= 15 is 0 Å². The zero-order chi connectivity index (χ0) is 15.7. The predicted molar refractivity (Wildman–Crippen MR) is 82.9 cm³/mol. The van der Waals surface area contributed by atoms with Crippen molar-refractivity contribution in [3.8, 4) is 0 Å². The van der Waals surface area contributed by atoms with Gasteiger partial charge in [-0.15, -0.1) is 0 Å². The van der Waals surface area contributed by atoms with Crippen LogP contribution in [0, 0.1) is 5.82 Å². The number of nitrogens with zero attached hydrogens (tertiary/aromatic N) is 2. The fourth-order valence-corrected chi connectivity index (χ4v) is 3.23. The van der Waals surface area contributed by atoms with Gasteiger partial charge >= 0.3 is 0 Å². The van der Waals surface area contributed by atoms with Crippen LogP contribution >= 0.6 is 23.2 Å². The van der Waals surface area contributed by atoms with Crippen molar-refractivity contribution < 1.29 is 9.18 Å². The minimum absolute atomic E-state index is 0.0875. The van der Waals surface area contributed by atoms with Gasteiger partial charge in [0.25, 0.3) is 5.91 Å². The highest BCUT2D eigenvalue weighted by Crippen LogP contribution is 2.29. The van der Waals surface area contributed by atoms with E-state index in [1.54, 1.807) is 11.1 Å². The lowest BCUT2D eigenvalue weighted by Crippen LogP contribution is -2.39. The number of H-pyrrole nitrogens is 1. The Morgan fingerprint density at radius 1 is 1.36 bits per heavy atom. The van der Waals surface area contributed by atoms with Crippen LogP contribution in [-0.4, -0.2) is 34.1 Å². The van der Waals surface area contributed by atoms with Crippen LogP contribution in [0.25, 0.3) is 0 Å². The molecule has 0 bridgehead atoms. The number of piperidine rings is 1. The minimum atomic E-state index is -0.642. The number of likely N-dealkylation sites (tertiary alicyclic amines) is 1. The van der Waals surface area contributed by atoms with Gasteiger partial charge in [-0.1, -0.05) is 23.2 Å². The van der Waals surface area contributed by atoms with Crippen molar-refractivity contribution in [2.45, 2.75) is 18.8 Å². The molecule has 1 saturated heterocycles. The standard InChI is InChI=1S/C15H14Cl2FN3O/c16-11-7-12(17)13(18)6-10(11)15(22)21-5-1-2-9(8-21)14-3-4-19-20-14/h3-4,6-7,9H,1-2,5,8H2,(H,19,20). The van der Waals surface area contributed by atoms with Gasteiger partial charge < -0.3 is 4.90 Å². The Hall–Kier alpha value is -1.59. The molecule has 1 aliphatic heterocycles. The van der Waals surface area contributed by atoms with Crippen LogP contribution in [0.4, 0.5) is 4.39 Å². The molecular formula is C15H14Cl2FN3O. The van der Waals surface area contributed by atoms with E-state index in [1.165, 1.54) is 6.07 Å². The van der Waals surface area contributed by atoms with Gasteiger partial charge in [-0.2, -0.15) is 5.10 Å². The fraction of sp³-hybridized carbons (Fsp3) is 0.333. The lowest BCUT2D eigenvalue weighted by Gasteiger charge is -2.32. The van der Waals surface area contributed by atoms with Crippen molar-refractivity contribution in [3.05, 3.63) is 51.5 Å². The van der Waals surface area contributed by atoms with E-state index in [9.17, 15) is 9.18 Å². The highest BCUT2D eigenvalue weighted by Gasteiger charge is 2.27. The maximum absolute atomic E-state index is 13.6. The molecule has 7 heteroatoms. The maximum atomic E-state index is 13.6. The molecule has 1 fully saturated rings. The lowest BCUT2D eigenvalue weighted by molar-refractivity contribution is 0.0705. The Kier molecular flexibility index (Phi) is 4.36. The van der Waals surface area contributed by atoms with E-state index in [0.29, 0.717) is 13.1 Å². The third-order valence-corrected chi connectivity index (χ3v) is 4.51. The number of aromatic nitrogens is 2. The van der Waals surface area contributed by atoms with E-state index in [0.717, 1.165) is 24.6 Å². The molecule has 0 saturated carbocycles. The van der Waals surface area contributed by atoms with Crippen LogP contribution in [0.3, 0.4) is 0 Å². The molecule has 3 rings (SSSR count). The first-order chi connectivity index (χ1) is 10.6. The van der Waals surface area contributed by atoms with Crippen LogP contribution in [0.2, 0.25) is 10.0 Å². The quantitative estimate of drug-likeness (QED) is 0.842. The summed E-state index contributed by atoms with van der Waals surface area (Å²) in [7, 11) is 0. The van der Waals surface area contributed by atoms with Gasteiger partial charge in [-0.25, -0.2) is 4.39 Å². The lowest BCUT2D eigenvalue weighted by atomic mass is 9.94. The van der Waals surface area contributed by atoms with Gasteiger partial charge in [-0.3, -0.25) is 9.89 Å². The molecule has 0 aliphatic carbocycles. The summed E-state index contributed by atoms with van der Waals surface area (Å²) in [6.45, 7) is 1.19. The smallest absolute Gasteiger partial charge is 0.255 e. The number of halogens is 3. The Labute approximate surface area is 137 Å². The molecule has 1 amide bonds. The second kappa shape index (κ2) is 6.26. The van der Waals surface area contributed by atoms with Crippen molar-refractivity contribution >= 4 is 29.1 Å². The van der Waals surface area contributed by atoms with Crippen LogP contribution in [0.15, 0.2) is 24.4 Å². The largest absolute Gasteiger partial charge is 0.338 e. The van der Waals surface area contributed by atoms with E-state index in [1.807, 2.05) is 6.07 Å². The summed E-state index contributed by atoms with van der Waals surface area (Å²) in [5.74, 6) is -0.711. The summed E-state index contributed by atoms with van der Waals surface area (Å²) in [6, 6.07) is 4.28. The second-order valence-corrected chi connectivity index (χ2v) is 6.16. The number of hydrogen-bond acceptors (Lipinski definition) is 2. The number of nitrogens with one attached hydrogen (secondary N) is 1. The molecule has 2 aromatic rings. The zero-order valence-electron chi connectivity index (χ0n) is 11.7. The molecule has 0 spiro atoms. The van der Waals surface area contributed by atoms with Crippen LogP contribution in [0.1, 0.15) is 34.8 Å². The average molecular weight is 342 g/mol. The van der Waals surface area contributed by atoms with Gasteiger partial charge in [0.15, 0.2) is 0 Å². The fourth-order valence-electron chi connectivity index (χ4n) is 2.77. The molecule has 1 N–H and O–H groups in total. The molecule has 116 valence electrons. The van der Waals surface area contributed by atoms with Crippen molar-refractivity contribution in [3.63, 3.8) is 0 Å². The molecule has 22 heavy (non-hydrogen) atoms. The monoisotopic (exact) mass is 341 g/mol. The van der Waals surface area contributed by atoms with Gasteiger partial charge in [-0.05, 0) is 31.0 Å². The molecule has 2 heterocycles. The number of rotatable bonds is 2. The Balaban J connectivity index is 1.81. The average Bonchev–Trinajstić information content (AvgIpc) is 3.05. The molecule has 1 aromatic carbocycles. The van der Waals surface area contributed by atoms with Crippen molar-refractivity contribution in [1.82, 2.24) is 15.1 Å². The van der Waals surface area contributed by atoms with Crippen LogP contribution in [0.5, 0.6) is 0 Å². The van der Waals surface area contributed by atoms with E-state index in [-0.39, 0.29) is 27.4 Å². The van der Waals surface area contributed by atoms with Gasteiger partial charge in [0, 0.05) is 30.9 Å². The molecule has 0 radical (unpaired) electrons. The third-order valence-electron chi connectivity index (χ3n) is 3.91. The number of aromatic amines is 1. The number of hydrogen-bond donors (Lipinski definition) is 1. The molecule has 1 unspecified atom stereocenters. The Morgan fingerprint density at radius 3 is 2.91 bits per heavy atom. The maximum Gasteiger partial charge on any atom is 0.255 e. The highest BCUT2D eigenvalue weighted by molar-refractivity contribution is 6.36. The first kappa shape index (κ1) is 15.3. The summed E-state index contributed by atoms with van der Waals surface area (Å²) >= 11 is 11.7. The topological polar surface area (TPSA) is 49.0 Å². The minimum Gasteiger partial charge on any atom is -0.338 e. The zero-order valence-corrected chi connectivity index (χ0v) is 13.2. The summed E-state index contributed by atoms with van der Waals surface area (Å²) < 4.78 is 13.6. The van der Waals surface area contributed by atoms with E-state index in [4.69, 9.17) is 23.2 Å². The molecule has 1 aromatic heterocycles. The van der Waals surface area contributed by atoms with E-state index < -0.39 is 5.82 Å². The van der Waals surface area contributed by atoms with Crippen LogP contribution < -0.4 is 0 Å². The van der Waals surface area contributed by atoms with Crippen molar-refractivity contribution in [2.24, 2.45) is 0 Å². The SMILES string of the molecule is O=C(c1cc(F)c(Cl)cc1Cl)N1CCCC(c2ccn[nH]2)C1. The van der Waals surface area contributed by atoms with Crippen molar-refractivity contribution in [2.75, 3.05) is 13.1 Å². The number of carbonyl (C=O) groups is 1. The normalized spacial score (nSPS) is 18.5. The Bertz CT molecular complexity index is 690. The number of carbonyl (C=O) groups excluding carboxylic acids is 1. The summed E-state index contributed by atoms with van der Waals surface area (Å²) in [4.78, 5) is 14.3. The van der Waals surface area contributed by atoms with E-state index in [2.05, 4.69) is 10.2 Å². The molecule has 1 atom stereocenters. The van der Waals surface area contributed by atoms with Gasteiger partial charge in [0.05, 0.1) is 15.6 Å². The summed E-state index contributed by atoms with van der Waals surface area (Å²) in [5, 5.41) is 6.97. The van der Waals surface area contributed by atoms with Crippen LogP contribution in [-0.2, 0) is 0 Å². The third kappa shape index (κ3) is 2.96. The summed E-state index contributed by atoms with van der Waals surface area (Å²) in [5.41, 5.74) is 1.15. The first-order valence-corrected chi connectivity index (χ1v) is 7.75. The Morgan fingerprint density at radius 2 is 2.18 bits per heavy atom. The predicted octanol–water partition coefficient (Wildman–Crippen LogP) is 3.88.